The molecule has 2 rings (SSSR count). The molecule has 0 unspecified atom stereocenters. The Morgan fingerprint density at radius 2 is 1.85 bits per heavy atom. The minimum Gasteiger partial charge on any atom is -0.489 e. The first-order chi connectivity index (χ1) is 12.6. The minimum absolute atomic E-state index is 0.0746. The predicted octanol–water partition coefficient (Wildman–Crippen LogP) is 4.66. The monoisotopic (exact) mass is 372 g/mol. The summed E-state index contributed by atoms with van der Waals surface area (Å²) in [7, 11) is 0. The van der Waals surface area contributed by atoms with Gasteiger partial charge in [-0.25, -0.2) is 4.79 Å². The Bertz CT molecular complexity index is 728. The molecule has 0 saturated heterocycles. The van der Waals surface area contributed by atoms with Gasteiger partial charge < -0.3 is 14.2 Å². The molecule has 0 aliphatic carbocycles. The summed E-state index contributed by atoms with van der Waals surface area (Å²) in [6.45, 7) is 8.58. The molecular formula is C21H24O4S. The lowest BCUT2D eigenvalue weighted by Crippen LogP contribution is -2.14. The van der Waals surface area contributed by atoms with Crippen LogP contribution in [0.2, 0.25) is 0 Å². The third kappa shape index (κ3) is 6.84. The highest BCUT2D eigenvalue weighted by Gasteiger charge is 2.07. The number of carbonyl (C=O) groups is 1. The summed E-state index contributed by atoms with van der Waals surface area (Å²) in [6.07, 6.45) is 0. The molecule has 0 fully saturated rings. The van der Waals surface area contributed by atoms with Crippen LogP contribution >= 0.6 is 11.8 Å². The van der Waals surface area contributed by atoms with E-state index >= 15 is 0 Å². The van der Waals surface area contributed by atoms with Crippen molar-refractivity contribution < 1.29 is 19.0 Å². The molecule has 0 spiro atoms. The first kappa shape index (κ1) is 19.9. The predicted molar refractivity (Wildman–Crippen MR) is 105 cm³/mol. The summed E-state index contributed by atoms with van der Waals surface area (Å²) in [5.74, 6) is 1.95. The van der Waals surface area contributed by atoms with Gasteiger partial charge in [-0.1, -0.05) is 24.8 Å². The van der Waals surface area contributed by atoms with Crippen LogP contribution in [-0.2, 0) is 9.53 Å². The SMILES string of the molecule is C=C(COc1ccccc1)CSc1ccc(OCC(=O)OCC)c(C)c1. The number of carbonyl (C=O) groups excluding carboxylic acids is 1. The fourth-order valence-electron chi connectivity index (χ4n) is 2.14. The van der Waals surface area contributed by atoms with Crippen LogP contribution in [0.1, 0.15) is 12.5 Å². The second-order valence-electron chi connectivity index (χ2n) is 5.66. The molecule has 2 aromatic rings. The van der Waals surface area contributed by atoms with Crippen LogP contribution in [0.25, 0.3) is 0 Å². The van der Waals surface area contributed by atoms with E-state index in [2.05, 4.69) is 6.58 Å². The first-order valence-electron chi connectivity index (χ1n) is 8.45. The standard InChI is InChI=1S/C21H24O4S/c1-4-23-21(22)14-25-20-11-10-19(12-17(20)3)26-15-16(2)13-24-18-8-6-5-7-9-18/h5-12H,2,4,13-15H2,1,3H3. The number of ether oxygens (including phenoxy) is 3. The molecule has 0 N–H and O–H groups in total. The van der Waals surface area contributed by atoms with E-state index in [0.717, 1.165) is 27.5 Å². The van der Waals surface area contributed by atoms with E-state index in [1.165, 1.54) is 0 Å². The van der Waals surface area contributed by atoms with Crippen LogP contribution in [0.5, 0.6) is 11.5 Å². The molecule has 0 aromatic heterocycles. The molecule has 4 nitrogen and oxygen atoms in total. The zero-order valence-electron chi connectivity index (χ0n) is 15.2. The van der Waals surface area contributed by atoms with Crippen molar-refractivity contribution in [3.8, 4) is 11.5 Å². The number of esters is 1. The quantitative estimate of drug-likeness (QED) is 0.345. The van der Waals surface area contributed by atoms with Crippen molar-refractivity contribution in [2.24, 2.45) is 0 Å². The van der Waals surface area contributed by atoms with E-state index in [1.807, 2.05) is 55.5 Å². The van der Waals surface area contributed by atoms with Crippen LogP contribution in [-0.4, -0.2) is 31.5 Å². The number of para-hydroxylation sites is 1. The minimum atomic E-state index is -0.361. The van der Waals surface area contributed by atoms with E-state index in [-0.39, 0.29) is 12.6 Å². The summed E-state index contributed by atoms with van der Waals surface area (Å²) in [5.41, 5.74) is 1.99. The first-order valence-corrected chi connectivity index (χ1v) is 9.43. The molecule has 5 heteroatoms. The number of rotatable bonds is 10. The Kier molecular flexibility index (Phi) is 8.09. The molecule has 0 aliphatic heterocycles. The van der Waals surface area contributed by atoms with Gasteiger partial charge in [0.15, 0.2) is 6.61 Å². The highest BCUT2D eigenvalue weighted by Crippen LogP contribution is 2.27. The molecule has 0 bridgehead atoms. The topological polar surface area (TPSA) is 44.8 Å². The highest BCUT2D eigenvalue weighted by molar-refractivity contribution is 7.99. The van der Waals surface area contributed by atoms with Gasteiger partial charge in [0, 0.05) is 10.6 Å². The normalized spacial score (nSPS) is 10.2. The Morgan fingerprint density at radius 1 is 1.08 bits per heavy atom. The molecule has 0 amide bonds. The Balaban J connectivity index is 1.78. The highest BCUT2D eigenvalue weighted by atomic mass is 32.2. The van der Waals surface area contributed by atoms with Crippen molar-refractivity contribution in [1.82, 2.24) is 0 Å². The van der Waals surface area contributed by atoms with Crippen LogP contribution in [0.15, 0.2) is 65.6 Å². The zero-order chi connectivity index (χ0) is 18.8. The molecule has 0 radical (unpaired) electrons. The van der Waals surface area contributed by atoms with Gasteiger partial charge in [-0.2, -0.15) is 0 Å². The summed E-state index contributed by atoms with van der Waals surface area (Å²) >= 11 is 1.69. The van der Waals surface area contributed by atoms with Crippen molar-refractivity contribution in [1.29, 1.82) is 0 Å². The zero-order valence-corrected chi connectivity index (χ0v) is 16.0. The van der Waals surface area contributed by atoms with Gasteiger partial charge in [0.25, 0.3) is 0 Å². The maximum atomic E-state index is 11.4. The fraction of sp³-hybridized carbons (Fsp3) is 0.286. The van der Waals surface area contributed by atoms with Gasteiger partial charge in [-0.3, -0.25) is 0 Å². The van der Waals surface area contributed by atoms with Gasteiger partial charge in [-0.15, -0.1) is 11.8 Å². The largest absolute Gasteiger partial charge is 0.489 e. The third-order valence-electron chi connectivity index (χ3n) is 3.43. The number of thioether (sulfide) groups is 1. The van der Waals surface area contributed by atoms with E-state index in [9.17, 15) is 4.79 Å². The molecule has 2 aromatic carbocycles. The molecule has 0 aliphatic rings. The van der Waals surface area contributed by atoms with Gasteiger partial charge in [0.05, 0.1) is 6.61 Å². The smallest absolute Gasteiger partial charge is 0.344 e. The van der Waals surface area contributed by atoms with Crippen LogP contribution < -0.4 is 9.47 Å². The average Bonchev–Trinajstić information content (AvgIpc) is 2.65. The van der Waals surface area contributed by atoms with Crippen molar-refractivity contribution in [3.63, 3.8) is 0 Å². The molecule has 26 heavy (non-hydrogen) atoms. The van der Waals surface area contributed by atoms with Crippen LogP contribution in [0.3, 0.4) is 0 Å². The number of hydrogen-bond donors (Lipinski definition) is 0. The molecule has 0 atom stereocenters. The third-order valence-corrected chi connectivity index (χ3v) is 4.57. The summed E-state index contributed by atoms with van der Waals surface area (Å²) < 4.78 is 16.1. The maximum absolute atomic E-state index is 11.4. The van der Waals surface area contributed by atoms with Gasteiger partial charge in [0.2, 0.25) is 0 Å². The second-order valence-corrected chi connectivity index (χ2v) is 6.71. The van der Waals surface area contributed by atoms with Crippen LogP contribution in [0.4, 0.5) is 0 Å². The lowest BCUT2D eigenvalue weighted by atomic mass is 10.2. The molecule has 138 valence electrons. The van der Waals surface area contributed by atoms with E-state index in [4.69, 9.17) is 14.2 Å². The van der Waals surface area contributed by atoms with E-state index in [1.54, 1.807) is 18.7 Å². The number of aryl methyl sites for hydroxylation is 1. The summed E-state index contributed by atoms with van der Waals surface area (Å²) in [4.78, 5) is 12.5. The van der Waals surface area contributed by atoms with Gasteiger partial charge >= 0.3 is 5.97 Å². The van der Waals surface area contributed by atoms with Crippen molar-refractivity contribution in [2.45, 2.75) is 18.7 Å². The number of hydrogen-bond acceptors (Lipinski definition) is 5. The fourth-order valence-corrected chi connectivity index (χ4v) is 3.02. The lowest BCUT2D eigenvalue weighted by Gasteiger charge is -2.11. The molecule has 0 heterocycles. The van der Waals surface area contributed by atoms with Crippen LogP contribution in [0, 0.1) is 6.92 Å². The van der Waals surface area contributed by atoms with Gasteiger partial charge in [0.1, 0.15) is 18.1 Å². The lowest BCUT2D eigenvalue weighted by molar-refractivity contribution is -0.145. The Hall–Kier alpha value is -2.40. The van der Waals surface area contributed by atoms with Crippen molar-refractivity contribution in [3.05, 3.63) is 66.2 Å². The summed E-state index contributed by atoms with van der Waals surface area (Å²) in [5, 5.41) is 0. The van der Waals surface area contributed by atoms with Crippen molar-refractivity contribution in [2.75, 3.05) is 25.6 Å². The van der Waals surface area contributed by atoms with Crippen molar-refractivity contribution >= 4 is 17.7 Å². The second kappa shape index (κ2) is 10.6. The van der Waals surface area contributed by atoms with E-state index < -0.39 is 0 Å². The number of benzene rings is 2. The molecule has 0 saturated carbocycles. The molecular weight excluding hydrogens is 348 g/mol. The van der Waals surface area contributed by atoms with E-state index in [0.29, 0.717) is 19.0 Å². The average molecular weight is 372 g/mol. The van der Waals surface area contributed by atoms with Gasteiger partial charge in [-0.05, 0) is 55.3 Å². The Labute approximate surface area is 159 Å². The maximum Gasteiger partial charge on any atom is 0.344 e. The Morgan fingerprint density at radius 3 is 2.54 bits per heavy atom. The summed E-state index contributed by atoms with van der Waals surface area (Å²) in [6, 6.07) is 15.6.